The van der Waals surface area contributed by atoms with Gasteiger partial charge in [-0.2, -0.15) is 0 Å². The molecule has 66 heavy (non-hydrogen) atoms. The highest BCUT2D eigenvalue weighted by atomic mass is 16.6. The van der Waals surface area contributed by atoms with Gasteiger partial charge in [0.05, 0.1) is 6.61 Å². The monoisotopic (exact) mass is 929 g/mol. The molecule has 0 fully saturated rings. The minimum Gasteiger partial charge on any atom is -0.462 e. The molecule has 0 rings (SSSR count). The number of allylic oxidation sites excluding steroid dienone is 4. The molecule has 0 aromatic rings. The Hall–Kier alpha value is -1.62. The molecule has 0 aliphatic rings. The maximum atomic E-state index is 12.3. The molecule has 0 amide bonds. The normalized spacial score (nSPS) is 12.2. The zero-order chi connectivity index (χ0) is 47.7. The Morgan fingerprint density at radius 3 is 0.818 bits per heavy atom. The van der Waals surface area contributed by atoms with Crippen molar-refractivity contribution in [3.8, 4) is 0 Å². The van der Waals surface area contributed by atoms with Crippen molar-refractivity contribution < 1.29 is 24.2 Å². The van der Waals surface area contributed by atoms with E-state index in [0.717, 1.165) is 38.5 Å². The summed E-state index contributed by atoms with van der Waals surface area (Å²) in [5.74, 6) is -0.573. The summed E-state index contributed by atoms with van der Waals surface area (Å²) < 4.78 is 10.7. The van der Waals surface area contributed by atoms with Gasteiger partial charge in [0, 0.05) is 12.8 Å². The number of carbonyl (C=O) groups excluding carboxylic acids is 2. The van der Waals surface area contributed by atoms with Gasteiger partial charge in [-0.15, -0.1) is 0 Å². The smallest absolute Gasteiger partial charge is 0.306 e. The lowest BCUT2D eigenvalue weighted by Crippen LogP contribution is -2.28. The molecular weight excluding hydrogens is 813 g/mol. The van der Waals surface area contributed by atoms with Crippen molar-refractivity contribution in [2.75, 3.05) is 13.2 Å². The summed E-state index contributed by atoms with van der Waals surface area (Å²) in [6, 6.07) is 0. The topological polar surface area (TPSA) is 72.8 Å². The van der Waals surface area contributed by atoms with E-state index in [-0.39, 0.29) is 25.2 Å². The Balaban J connectivity index is 3.41. The van der Waals surface area contributed by atoms with Crippen molar-refractivity contribution in [2.45, 2.75) is 341 Å². The summed E-state index contributed by atoms with van der Waals surface area (Å²) >= 11 is 0. The van der Waals surface area contributed by atoms with E-state index in [4.69, 9.17) is 9.47 Å². The maximum absolute atomic E-state index is 12.3. The molecular formula is C61H116O5. The Morgan fingerprint density at radius 1 is 0.333 bits per heavy atom. The molecule has 5 nitrogen and oxygen atoms in total. The van der Waals surface area contributed by atoms with Gasteiger partial charge in [0.25, 0.3) is 0 Å². The third-order valence-corrected chi connectivity index (χ3v) is 13.7. The van der Waals surface area contributed by atoms with Crippen LogP contribution in [-0.4, -0.2) is 36.4 Å². The van der Waals surface area contributed by atoms with Crippen LogP contribution in [0, 0.1) is 0 Å². The van der Waals surface area contributed by atoms with Crippen molar-refractivity contribution in [3.63, 3.8) is 0 Å². The molecule has 1 atom stereocenters. The van der Waals surface area contributed by atoms with Crippen LogP contribution in [0.1, 0.15) is 335 Å². The molecule has 0 saturated carbocycles. The van der Waals surface area contributed by atoms with Gasteiger partial charge < -0.3 is 14.6 Å². The van der Waals surface area contributed by atoms with E-state index >= 15 is 0 Å². The van der Waals surface area contributed by atoms with Gasteiger partial charge in [0.2, 0.25) is 0 Å². The molecule has 0 spiro atoms. The van der Waals surface area contributed by atoms with Crippen LogP contribution in [0.4, 0.5) is 0 Å². The highest BCUT2D eigenvalue weighted by Crippen LogP contribution is 2.17. The first-order valence-electron chi connectivity index (χ1n) is 29.9. The summed E-state index contributed by atoms with van der Waals surface area (Å²) in [7, 11) is 0. The van der Waals surface area contributed by atoms with E-state index in [1.165, 1.54) is 270 Å². The van der Waals surface area contributed by atoms with Gasteiger partial charge in [-0.25, -0.2) is 0 Å². The maximum Gasteiger partial charge on any atom is 0.306 e. The van der Waals surface area contributed by atoms with E-state index in [2.05, 4.69) is 38.2 Å². The average molecular weight is 930 g/mol. The van der Waals surface area contributed by atoms with Crippen LogP contribution in [0.2, 0.25) is 0 Å². The number of ether oxygens (including phenoxy) is 2. The van der Waals surface area contributed by atoms with Crippen molar-refractivity contribution in [1.29, 1.82) is 0 Å². The predicted molar refractivity (Wildman–Crippen MR) is 288 cm³/mol. The fraction of sp³-hybridized carbons (Fsp3) is 0.902. The first-order valence-corrected chi connectivity index (χ1v) is 29.9. The average Bonchev–Trinajstić information content (AvgIpc) is 3.32. The molecule has 1 N–H and O–H groups in total. The summed E-state index contributed by atoms with van der Waals surface area (Å²) in [5.41, 5.74) is 0. The number of aliphatic hydroxyl groups is 1. The first-order chi connectivity index (χ1) is 32.6. The van der Waals surface area contributed by atoms with E-state index in [1.54, 1.807) is 0 Å². The lowest BCUT2D eigenvalue weighted by molar-refractivity contribution is -0.161. The second-order valence-electron chi connectivity index (χ2n) is 20.4. The molecule has 0 bridgehead atoms. The second kappa shape index (κ2) is 57.7. The first kappa shape index (κ1) is 64.4. The van der Waals surface area contributed by atoms with Crippen LogP contribution in [0.15, 0.2) is 24.3 Å². The molecule has 0 aliphatic carbocycles. The van der Waals surface area contributed by atoms with Crippen LogP contribution < -0.4 is 0 Å². The number of hydrogen-bond acceptors (Lipinski definition) is 5. The van der Waals surface area contributed by atoms with Crippen LogP contribution in [0.25, 0.3) is 0 Å². The van der Waals surface area contributed by atoms with Gasteiger partial charge in [0.15, 0.2) is 6.10 Å². The largest absolute Gasteiger partial charge is 0.462 e. The number of hydrogen-bond donors (Lipinski definition) is 1. The Morgan fingerprint density at radius 2 is 0.561 bits per heavy atom. The third-order valence-electron chi connectivity index (χ3n) is 13.7. The van der Waals surface area contributed by atoms with Gasteiger partial charge in [0.1, 0.15) is 6.61 Å². The molecule has 0 saturated heterocycles. The predicted octanol–water partition coefficient (Wildman–Crippen LogP) is 20.1. The molecule has 0 aromatic carbocycles. The molecule has 5 heteroatoms. The van der Waals surface area contributed by atoms with Crippen LogP contribution >= 0.6 is 0 Å². The zero-order valence-corrected chi connectivity index (χ0v) is 44.7. The Kier molecular flexibility index (Phi) is 56.3. The number of aliphatic hydroxyl groups excluding tert-OH is 1. The minimum absolute atomic E-state index is 0.0612. The SMILES string of the molecule is CCCCCCCCCC/C=C\CCCCCCCCCCCCCCCCCCCCCC(=O)OC(CO)COC(=O)CCCCCCCCCCC/C=C\CCCCCCCCCC. The van der Waals surface area contributed by atoms with E-state index in [1.807, 2.05) is 0 Å². The molecule has 0 radical (unpaired) electrons. The summed E-state index contributed by atoms with van der Waals surface area (Å²) in [5, 5.41) is 9.66. The van der Waals surface area contributed by atoms with E-state index < -0.39 is 6.10 Å². The van der Waals surface area contributed by atoms with Gasteiger partial charge >= 0.3 is 11.9 Å². The fourth-order valence-electron chi connectivity index (χ4n) is 9.20. The summed E-state index contributed by atoms with van der Waals surface area (Å²) in [4.78, 5) is 24.5. The molecule has 1 unspecified atom stereocenters. The summed E-state index contributed by atoms with van der Waals surface area (Å²) in [6.07, 6.45) is 73.1. The molecule has 390 valence electrons. The minimum atomic E-state index is -0.769. The fourth-order valence-corrected chi connectivity index (χ4v) is 9.20. The number of rotatable bonds is 56. The number of esters is 2. The van der Waals surface area contributed by atoms with Crippen molar-refractivity contribution in [2.24, 2.45) is 0 Å². The quantitative estimate of drug-likeness (QED) is 0.0374. The second-order valence-corrected chi connectivity index (χ2v) is 20.4. The lowest BCUT2D eigenvalue weighted by atomic mass is 10.0. The highest BCUT2D eigenvalue weighted by molar-refractivity contribution is 5.70. The van der Waals surface area contributed by atoms with Gasteiger partial charge in [-0.3, -0.25) is 9.59 Å². The highest BCUT2D eigenvalue weighted by Gasteiger charge is 2.16. The number of unbranched alkanes of at least 4 members (excludes halogenated alkanes) is 44. The Labute approximate surface area is 413 Å². The molecule has 0 aromatic heterocycles. The lowest BCUT2D eigenvalue weighted by Gasteiger charge is -2.15. The van der Waals surface area contributed by atoms with Gasteiger partial charge in [-0.05, 0) is 64.2 Å². The van der Waals surface area contributed by atoms with Crippen LogP contribution in [0.5, 0.6) is 0 Å². The molecule has 0 heterocycles. The van der Waals surface area contributed by atoms with Crippen molar-refractivity contribution in [3.05, 3.63) is 24.3 Å². The zero-order valence-electron chi connectivity index (χ0n) is 44.7. The molecule has 0 aliphatic heterocycles. The third kappa shape index (κ3) is 55.0. The summed E-state index contributed by atoms with van der Waals surface area (Å²) in [6.45, 7) is 4.19. The number of carbonyl (C=O) groups is 2. The van der Waals surface area contributed by atoms with Crippen molar-refractivity contribution in [1.82, 2.24) is 0 Å². The van der Waals surface area contributed by atoms with E-state index in [0.29, 0.717) is 12.8 Å². The van der Waals surface area contributed by atoms with Crippen LogP contribution in [-0.2, 0) is 19.1 Å². The van der Waals surface area contributed by atoms with Crippen molar-refractivity contribution >= 4 is 11.9 Å². The van der Waals surface area contributed by atoms with E-state index in [9.17, 15) is 14.7 Å². The Bertz CT molecular complexity index is 1010. The van der Waals surface area contributed by atoms with Crippen LogP contribution in [0.3, 0.4) is 0 Å². The standard InChI is InChI=1S/C61H116O5/c1-3-5-7-9-11-13-15-17-19-21-23-25-26-27-28-29-30-31-32-33-34-36-38-40-42-44-46-48-50-52-54-56-61(64)66-59(57-62)58-65-60(63)55-53-51-49-47-45-43-41-39-37-35-24-22-20-18-16-14-12-10-8-6-4-2/h21-24,59,62H,3-20,25-58H2,1-2H3/b23-21-,24-22-. The van der Waals surface area contributed by atoms with Gasteiger partial charge in [-0.1, -0.05) is 282 Å².